The summed E-state index contributed by atoms with van der Waals surface area (Å²) in [6.45, 7) is 8.81. The highest BCUT2D eigenvalue weighted by Crippen LogP contribution is 2.39. The molecule has 1 unspecified atom stereocenters. The van der Waals surface area contributed by atoms with Crippen LogP contribution in [0.3, 0.4) is 0 Å². The summed E-state index contributed by atoms with van der Waals surface area (Å²) in [7, 11) is 1.68. The number of nitrogens with zero attached hydrogens (tertiary/aromatic N) is 2. The minimum absolute atomic E-state index is 0.180. The van der Waals surface area contributed by atoms with Gasteiger partial charge in [-0.15, -0.1) is 0 Å². The molecule has 0 aliphatic rings. The molecule has 1 aromatic carbocycles. The average molecular weight is 334 g/mol. The summed E-state index contributed by atoms with van der Waals surface area (Å²) in [5, 5.41) is 8.82. The van der Waals surface area contributed by atoms with Gasteiger partial charge in [0.15, 0.2) is 11.5 Å². The van der Waals surface area contributed by atoms with Crippen LogP contribution in [-0.2, 0) is 0 Å². The largest absolute Gasteiger partial charge is 0.490 e. The Morgan fingerprint density at radius 3 is 2.04 bits per heavy atom. The molecule has 0 fully saturated rings. The topological polar surface area (TPSA) is 71.8 Å². The molecule has 132 valence electrons. The molecule has 0 saturated carbocycles. The second-order valence-corrected chi connectivity index (χ2v) is 5.23. The molecule has 0 spiro atoms. The van der Waals surface area contributed by atoms with E-state index < -0.39 is 0 Å². The Bertz CT molecular complexity index is 568. The fraction of sp³-hybridized carbons (Fsp3) is 0.556. The molecule has 6 nitrogen and oxygen atoms in total. The van der Waals surface area contributed by atoms with E-state index in [4.69, 9.17) is 19.5 Å². The molecule has 0 aliphatic carbocycles. The lowest BCUT2D eigenvalue weighted by molar-refractivity contribution is 0.0745. The summed E-state index contributed by atoms with van der Waals surface area (Å²) < 4.78 is 16.9. The van der Waals surface area contributed by atoms with Gasteiger partial charge < -0.3 is 19.1 Å². The predicted molar refractivity (Wildman–Crippen MR) is 91.7 cm³/mol. The van der Waals surface area contributed by atoms with Crippen LogP contribution in [0.4, 0.5) is 0 Å². The van der Waals surface area contributed by atoms with Crippen LogP contribution in [0.15, 0.2) is 12.1 Å². The number of carbonyl (C=O) groups excluding carboxylic acids is 1. The van der Waals surface area contributed by atoms with E-state index in [0.717, 1.165) is 0 Å². The van der Waals surface area contributed by atoms with E-state index in [0.29, 0.717) is 42.6 Å². The van der Waals surface area contributed by atoms with Gasteiger partial charge in [-0.1, -0.05) is 0 Å². The Kier molecular flexibility index (Phi) is 7.90. The summed E-state index contributed by atoms with van der Waals surface area (Å²) in [6, 6.07) is 5.22. The number of nitriles is 1. The van der Waals surface area contributed by atoms with Crippen molar-refractivity contribution >= 4 is 5.91 Å². The molecule has 0 saturated heterocycles. The van der Waals surface area contributed by atoms with E-state index in [1.807, 2.05) is 27.7 Å². The standard InChI is InChI=1S/C18H26N2O4/c1-6-22-15-11-14(18(21)20(5)13(4)9-10-19)12-16(23-7-2)17(15)24-8-3/h11-13H,6-9H2,1-5H3. The number of amides is 1. The minimum Gasteiger partial charge on any atom is -0.490 e. The van der Waals surface area contributed by atoms with Crippen LogP contribution in [0.5, 0.6) is 17.2 Å². The molecule has 0 heterocycles. The molecule has 6 heteroatoms. The van der Waals surface area contributed by atoms with Gasteiger partial charge in [0.25, 0.3) is 5.91 Å². The van der Waals surface area contributed by atoms with Gasteiger partial charge in [-0.2, -0.15) is 5.26 Å². The minimum atomic E-state index is -0.192. The van der Waals surface area contributed by atoms with Gasteiger partial charge in [0.05, 0.1) is 32.3 Å². The smallest absolute Gasteiger partial charge is 0.254 e. The maximum Gasteiger partial charge on any atom is 0.254 e. The zero-order valence-corrected chi connectivity index (χ0v) is 15.1. The Morgan fingerprint density at radius 1 is 1.12 bits per heavy atom. The lowest BCUT2D eigenvalue weighted by Crippen LogP contribution is -2.34. The van der Waals surface area contributed by atoms with Crippen LogP contribution in [0.25, 0.3) is 0 Å². The Morgan fingerprint density at radius 2 is 1.62 bits per heavy atom. The van der Waals surface area contributed by atoms with Crippen molar-refractivity contribution in [1.29, 1.82) is 5.26 Å². The normalized spacial score (nSPS) is 11.3. The van der Waals surface area contributed by atoms with Gasteiger partial charge in [-0.25, -0.2) is 0 Å². The molecular weight excluding hydrogens is 308 g/mol. The number of ether oxygens (including phenoxy) is 3. The molecule has 0 bridgehead atoms. The van der Waals surface area contributed by atoms with Gasteiger partial charge in [0.2, 0.25) is 5.75 Å². The maximum atomic E-state index is 12.7. The number of hydrogen-bond acceptors (Lipinski definition) is 5. The van der Waals surface area contributed by atoms with Gasteiger partial charge >= 0.3 is 0 Å². The number of hydrogen-bond donors (Lipinski definition) is 0. The fourth-order valence-corrected chi connectivity index (χ4v) is 2.19. The quantitative estimate of drug-likeness (QED) is 0.693. The van der Waals surface area contributed by atoms with Crippen molar-refractivity contribution < 1.29 is 19.0 Å². The van der Waals surface area contributed by atoms with Gasteiger partial charge in [0, 0.05) is 18.7 Å². The van der Waals surface area contributed by atoms with Gasteiger partial charge in [-0.05, 0) is 39.8 Å². The molecule has 1 amide bonds. The third kappa shape index (κ3) is 4.79. The van der Waals surface area contributed by atoms with Crippen molar-refractivity contribution in [2.75, 3.05) is 26.9 Å². The monoisotopic (exact) mass is 334 g/mol. The Balaban J connectivity index is 3.28. The number of benzene rings is 1. The van der Waals surface area contributed by atoms with Crippen molar-refractivity contribution in [3.8, 4) is 23.3 Å². The zero-order chi connectivity index (χ0) is 18.1. The number of carbonyl (C=O) groups is 1. The molecule has 1 aromatic rings. The molecule has 1 rings (SSSR count). The average Bonchev–Trinajstić information content (AvgIpc) is 2.56. The molecular formula is C18H26N2O4. The first-order chi connectivity index (χ1) is 11.5. The highest BCUT2D eigenvalue weighted by Gasteiger charge is 2.22. The summed E-state index contributed by atoms with van der Waals surface area (Å²) >= 11 is 0. The lowest BCUT2D eigenvalue weighted by atomic mass is 10.1. The van der Waals surface area contributed by atoms with Crippen LogP contribution in [0.2, 0.25) is 0 Å². The van der Waals surface area contributed by atoms with E-state index in [2.05, 4.69) is 6.07 Å². The highest BCUT2D eigenvalue weighted by molar-refractivity contribution is 5.95. The predicted octanol–water partition coefficient (Wildman–Crippen LogP) is 3.26. The maximum absolute atomic E-state index is 12.7. The van der Waals surface area contributed by atoms with E-state index >= 15 is 0 Å². The van der Waals surface area contributed by atoms with Crippen LogP contribution in [0, 0.1) is 11.3 Å². The second kappa shape index (κ2) is 9.66. The summed E-state index contributed by atoms with van der Waals surface area (Å²) in [4.78, 5) is 14.3. The first-order valence-corrected chi connectivity index (χ1v) is 8.20. The summed E-state index contributed by atoms with van der Waals surface area (Å²) in [6.07, 6.45) is 0.274. The van der Waals surface area contributed by atoms with Crippen LogP contribution in [0.1, 0.15) is 44.5 Å². The van der Waals surface area contributed by atoms with Crippen molar-refractivity contribution in [2.24, 2.45) is 0 Å². The van der Waals surface area contributed by atoms with Gasteiger partial charge in [-0.3, -0.25) is 4.79 Å². The molecule has 0 radical (unpaired) electrons. The van der Waals surface area contributed by atoms with E-state index in [9.17, 15) is 4.79 Å². The van der Waals surface area contributed by atoms with Crippen LogP contribution < -0.4 is 14.2 Å². The highest BCUT2D eigenvalue weighted by atomic mass is 16.5. The molecule has 0 aliphatic heterocycles. The fourth-order valence-electron chi connectivity index (χ4n) is 2.19. The Labute approximate surface area is 143 Å². The van der Waals surface area contributed by atoms with Crippen molar-refractivity contribution in [3.05, 3.63) is 17.7 Å². The third-order valence-electron chi connectivity index (χ3n) is 3.52. The Hall–Kier alpha value is -2.42. The first kappa shape index (κ1) is 19.6. The number of rotatable bonds is 9. The SMILES string of the molecule is CCOc1cc(C(=O)N(C)C(C)CC#N)cc(OCC)c1OCC. The first-order valence-electron chi connectivity index (χ1n) is 8.20. The van der Waals surface area contributed by atoms with Crippen LogP contribution in [-0.4, -0.2) is 43.7 Å². The van der Waals surface area contributed by atoms with Crippen molar-refractivity contribution in [3.63, 3.8) is 0 Å². The third-order valence-corrected chi connectivity index (χ3v) is 3.52. The van der Waals surface area contributed by atoms with Crippen LogP contribution >= 0.6 is 0 Å². The molecule has 1 atom stereocenters. The van der Waals surface area contributed by atoms with Crippen molar-refractivity contribution in [1.82, 2.24) is 4.90 Å². The zero-order valence-electron chi connectivity index (χ0n) is 15.1. The van der Waals surface area contributed by atoms with E-state index in [-0.39, 0.29) is 18.4 Å². The van der Waals surface area contributed by atoms with Gasteiger partial charge in [0.1, 0.15) is 0 Å². The summed E-state index contributed by atoms with van der Waals surface area (Å²) in [5.74, 6) is 1.28. The second-order valence-electron chi connectivity index (χ2n) is 5.23. The van der Waals surface area contributed by atoms with E-state index in [1.54, 1.807) is 24.1 Å². The van der Waals surface area contributed by atoms with Crippen molar-refractivity contribution in [2.45, 2.75) is 40.2 Å². The molecule has 0 aromatic heterocycles. The summed E-state index contributed by atoms with van der Waals surface area (Å²) in [5.41, 5.74) is 0.442. The van der Waals surface area contributed by atoms with E-state index in [1.165, 1.54) is 0 Å². The lowest BCUT2D eigenvalue weighted by Gasteiger charge is -2.24. The molecule has 24 heavy (non-hydrogen) atoms. The molecule has 0 N–H and O–H groups in total.